The summed E-state index contributed by atoms with van der Waals surface area (Å²) in [4.78, 5) is 25.7. The van der Waals surface area contributed by atoms with Crippen LogP contribution in [0.1, 0.15) is 36.4 Å². The average molecular weight is 438 g/mol. The Kier molecular flexibility index (Phi) is 4.61. The maximum absolute atomic E-state index is 13.2. The van der Waals surface area contributed by atoms with E-state index < -0.39 is 0 Å². The number of para-hydroxylation sites is 1. The number of carbonyl (C=O) groups excluding carboxylic acids is 1. The molecule has 33 heavy (non-hydrogen) atoms. The van der Waals surface area contributed by atoms with Crippen LogP contribution in [0.4, 0.5) is 11.5 Å². The lowest BCUT2D eigenvalue weighted by molar-refractivity contribution is -0.116. The molecule has 1 aliphatic carbocycles. The van der Waals surface area contributed by atoms with Gasteiger partial charge in [-0.2, -0.15) is 0 Å². The molecule has 0 bridgehead atoms. The van der Waals surface area contributed by atoms with Crippen LogP contribution in [0.5, 0.6) is 11.6 Å². The largest absolute Gasteiger partial charge is 0.497 e. The van der Waals surface area contributed by atoms with Crippen LogP contribution in [0.2, 0.25) is 0 Å². The Morgan fingerprint density at radius 1 is 1.09 bits per heavy atom. The number of nitrogens with one attached hydrogen (secondary N) is 2. The number of aromatic amines is 1. The Morgan fingerprint density at radius 2 is 1.94 bits per heavy atom. The third-order valence-electron chi connectivity index (χ3n) is 6.27. The van der Waals surface area contributed by atoms with Gasteiger partial charge in [0.05, 0.1) is 18.6 Å². The van der Waals surface area contributed by atoms with E-state index in [1.54, 1.807) is 7.11 Å². The number of nitrogens with zero attached hydrogens (tertiary/aromatic N) is 2. The zero-order chi connectivity index (χ0) is 22.4. The van der Waals surface area contributed by atoms with Gasteiger partial charge in [0.15, 0.2) is 5.78 Å². The summed E-state index contributed by atoms with van der Waals surface area (Å²) in [7, 11) is 1.64. The first-order chi connectivity index (χ1) is 16.2. The average Bonchev–Trinajstić information content (AvgIpc) is 3.27. The zero-order valence-corrected chi connectivity index (χ0v) is 18.1. The SMILES string of the molecule is COc1ccc(Nc2ncnc3c2C(c2cc4ccccc4[nH]2)C2=C(CCCC2=O)O3)cc1. The van der Waals surface area contributed by atoms with Gasteiger partial charge in [-0.1, -0.05) is 18.2 Å². The van der Waals surface area contributed by atoms with Crippen molar-refractivity contribution in [3.8, 4) is 11.6 Å². The van der Waals surface area contributed by atoms with Crippen molar-refractivity contribution in [2.75, 3.05) is 12.4 Å². The number of anilines is 2. The summed E-state index contributed by atoms with van der Waals surface area (Å²) in [5, 5.41) is 4.48. The molecule has 2 aromatic heterocycles. The summed E-state index contributed by atoms with van der Waals surface area (Å²) < 4.78 is 11.4. The number of hydrogen-bond donors (Lipinski definition) is 2. The maximum Gasteiger partial charge on any atom is 0.228 e. The Hall–Kier alpha value is -4.13. The smallest absolute Gasteiger partial charge is 0.228 e. The molecule has 0 saturated heterocycles. The third-order valence-corrected chi connectivity index (χ3v) is 6.27. The number of allylic oxidation sites excluding steroid dienone is 2. The molecule has 3 heterocycles. The first kappa shape index (κ1) is 19.5. The van der Waals surface area contributed by atoms with Gasteiger partial charge >= 0.3 is 0 Å². The Labute approximate surface area is 190 Å². The predicted octanol–water partition coefficient (Wildman–Crippen LogP) is 5.24. The normalized spacial score (nSPS) is 17.4. The Bertz CT molecular complexity index is 1370. The molecule has 7 heteroatoms. The third kappa shape index (κ3) is 3.33. The van der Waals surface area contributed by atoms with Crippen molar-refractivity contribution in [1.29, 1.82) is 0 Å². The monoisotopic (exact) mass is 438 g/mol. The predicted molar refractivity (Wildman–Crippen MR) is 125 cm³/mol. The number of aromatic nitrogens is 3. The Morgan fingerprint density at radius 3 is 2.76 bits per heavy atom. The maximum atomic E-state index is 13.2. The first-order valence-corrected chi connectivity index (χ1v) is 11.0. The molecule has 1 aliphatic heterocycles. The number of carbonyl (C=O) groups is 1. The fourth-order valence-corrected chi connectivity index (χ4v) is 4.72. The van der Waals surface area contributed by atoms with Gasteiger partial charge in [0.25, 0.3) is 0 Å². The number of rotatable bonds is 4. The number of Topliss-reactive ketones (excluding diaryl/α,β-unsaturated/α-hetero) is 1. The Balaban J connectivity index is 1.52. The number of hydrogen-bond acceptors (Lipinski definition) is 6. The van der Waals surface area contributed by atoms with Crippen molar-refractivity contribution in [2.45, 2.75) is 25.2 Å². The van der Waals surface area contributed by atoms with Gasteiger partial charge < -0.3 is 19.8 Å². The summed E-state index contributed by atoms with van der Waals surface area (Å²) in [5.41, 5.74) is 4.26. The van der Waals surface area contributed by atoms with Crippen molar-refractivity contribution in [1.82, 2.24) is 15.0 Å². The standard InChI is InChI=1S/C26H22N4O3/c1-32-17-11-9-16(10-12-17)29-25-24-22(19-13-15-5-2-3-6-18(15)30-19)23-20(31)7-4-8-21(23)33-26(24)28-14-27-25/h2-3,5-6,9-14,22,30H,4,7-8H2,1H3,(H,27,28,29). The van der Waals surface area contributed by atoms with E-state index >= 15 is 0 Å². The molecule has 4 aromatic rings. The van der Waals surface area contributed by atoms with Crippen LogP contribution in [0.3, 0.4) is 0 Å². The van der Waals surface area contributed by atoms with E-state index in [0.717, 1.165) is 52.2 Å². The van der Waals surface area contributed by atoms with E-state index in [0.29, 0.717) is 23.7 Å². The zero-order valence-electron chi connectivity index (χ0n) is 18.1. The molecule has 0 spiro atoms. The molecule has 1 atom stereocenters. The molecule has 6 rings (SSSR count). The summed E-state index contributed by atoms with van der Waals surface area (Å²) in [6, 6.07) is 17.8. The van der Waals surface area contributed by atoms with Crippen molar-refractivity contribution < 1.29 is 14.3 Å². The molecule has 0 radical (unpaired) electrons. The van der Waals surface area contributed by atoms with Crippen LogP contribution in [-0.2, 0) is 4.79 Å². The van der Waals surface area contributed by atoms with E-state index in [4.69, 9.17) is 9.47 Å². The van der Waals surface area contributed by atoms with Crippen LogP contribution < -0.4 is 14.8 Å². The van der Waals surface area contributed by atoms with E-state index in [9.17, 15) is 4.79 Å². The van der Waals surface area contributed by atoms with Crippen LogP contribution >= 0.6 is 0 Å². The molecule has 1 unspecified atom stereocenters. The highest BCUT2D eigenvalue weighted by atomic mass is 16.5. The highest BCUT2D eigenvalue weighted by Crippen LogP contribution is 2.48. The van der Waals surface area contributed by atoms with Crippen molar-refractivity contribution in [3.63, 3.8) is 0 Å². The van der Waals surface area contributed by atoms with Crippen molar-refractivity contribution >= 4 is 28.2 Å². The lowest BCUT2D eigenvalue weighted by Gasteiger charge is -2.32. The molecule has 164 valence electrons. The summed E-state index contributed by atoms with van der Waals surface area (Å²) in [6.07, 6.45) is 3.52. The minimum atomic E-state index is -0.342. The van der Waals surface area contributed by atoms with Gasteiger partial charge in [-0.3, -0.25) is 4.79 Å². The second-order valence-electron chi connectivity index (χ2n) is 8.26. The van der Waals surface area contributed by atoms with Crippen LogP contribution in [0, 0.1) is 0 Å². The number of benzene rings is 2. The summed E-state index contributed by atoms with van der Waals surface area (Å²) >= 11 is 0. The van der Waals surface area contributed by atoms with Gasteiger partial charge in [-0.15, -0.1) is 0 Å². The number of ether oxygens (including phenoxy) is 2. The molecule has 0 saturated carbocycles. The molecule has 2 aromatic carbocycles. The van der Waals surface area contributed by atoms with Crippen molar-refractivity contribution in [3.05, 3.63) is 83.5 Å². The molecule has 0 fully saturated rings. The van der Waals surface area contributed by atoms with Gasteiger partial charge in [0.2, 0.25) is 5.88 Å². The van der Waals surface area contributed by atoms with Gasteiger partial charge in [0, 0.05) is 35.3 Å². The van der Waals surface area contributed by atoms with E-state index in [-0.39, 0.29) is 11.7 Å². The number of methoxy groups -OCH3 is 1. The van der Waals surface area contributed by atoms with Gasteiger partial charge in [0.1, 0.15) is 23.7 Å². The molecular weight excluding hydrogens is 416 g/mol. The number of ketones is 1. The summed E-state index contributed by atoms with van der Waals surface area (Å²) in [6.45, 7) is 0. The van der Waals surface area contributed by atoms with Crippen molar-refractivity contribution in [2.24, 2.45) is 0 Å². The van der Waals surface area contributed by atoms with Crippen LogP contribution in [0.25, 0.3) is 10.9 Å². The minimum Gasteiger partial charge on any atom is -0.497 e. The number of H-pyrrole nitrogens is 1. The van der Waals surface area contributed by atoms with Gasteiger partial charge in [-0.25, -0.2) is 9.97 Å². The molecular formula is C26H22N4O3. The molecule has 7 nitrogen and oxygen atoms in total. The number of fused-ring (bicyclic) bond motifs is 2. The molecule has 2 N–H and O–H groups in total. The lowest BCUT2D eigenvalue weighted by atomic mass is 9.79. The van der Waals surface area contributed by atoms with E-state index in [1.165, 1.54) is 6.33 Å². The lowest BCUT2D eigenvalue weighted by Crippen LogP contribution is -2.27. The highest BCUT2D eigenvalue weighted by Gasteiger charge is 2.40. The highest BCUT2D eigenvalue weighted by molar-refractivity contribution is 6.00. The second kappa shape index (κ2) is 7.78. The second-order valence-corrected chi connectivity index (χ2v) is 8.26. The quantitative estimate of drug-likeness (QED) is 0.453. The molecule has 2 aliphatic rings. The van der Waals surface area contributed by atoms with Crippen LogP contribution in [0.15, 0.2) is 72.3 Å². The fourth-order valence-electron chi connectivity index (χ4n) is 4.72. The fraction of sp³-hybridized carbons (Fsp3) is 0.192. The molecule has 0 amide bonds. The van der Waals surface area contributed by atoms with E-state index in [1.807, 2.05) is 42.5 Å². The van der Waals surface area contributed by atoms with Gasteiger partial charge in [-0.05, 0) is 48.2 Å². The van der Waals surface area contributed by atoms with Crippen LogP contribution in [-0.4, -0.2) is 27.8 Å². The first-order valence-electron chi connectivity index (χ1n) is 11.0. The van der Waals surface area contributed by atoms with E-state index in [2.05, 4.69) is 32.4 Å². The topological polar surface area (TPSA) is 89.1 Å². The minimum absolute atomic E-state index is 0.116. The summed E-state index contributed by atoms with van der Waals surface area (Å²) in [5.74, 6) is 2.36.